The van der Waals surface area contributed by atoms with Gasteiger partial charge in [0.25, 0.3) is 0 Å². The number of hydrogen-bond acceptors (Lipinski definition) is 3. The van der Waals surface area contributed by atoms with Gasteiger partial charge in [-0.3, -0.25) is 0 Å². The standard InChI is InChI=1S/C17H23N3O/c18-9-4-2-1-3-5-11-21-15-6-7-17-16(12-15)14(8-10-19)13-20-17/h6-7,12-13,20H,1-5,8,10-11,19H2. The quantitative estimate of drug-likeness (QED) is 0.692. The largest absolute Gasteiger partial charge is 0.494 e. The molecule has 0 aliphatic carbocycles. The van der Waals surface area contributed by atoms with Crippen molar-refractivity contribution in [3.8, 4) is 11.8 Å². The first-order valence-electron chi connectivity index (χ1n) is 7.65. The molecule has 112 valence electrons. The van der Waals surface area contributed by atoms with Gasteiger partial charge in [-0.2, -0.15) is 5.26 Å². The molecule has 1 aromatic carbocycles. The van der Waals surface area contributed by atoms with Gasteiger partial charge in [-0.15, -0.1) is 0 Å². The summed E-state index contributed by atoms with van der Waals surface area (Å²) in [5.74, 6) is 0.914. The Labute approximate surface area is 125 Å². The zero-order valence-electron chi connectivity index (χ0n) is 12.4. The van der Waals surface area contributed by atoms with E-state index in [0.717, 1.165) is 50.0 Å². The van der Waals surface area contributed by atoms with Crippen LogP contribution < -0.4 is 10.5 Å². The highest BCUT2D eigenvalue weighted by molar-refractivity contribution is 5.84. The Morgan fingerprint density at radius 2 is 2.05 bits per heavy atom. The highest BCUT2D eigenvalue weighted by atomic mass is 16.5. The maximum Gasteiger partial charge on any atom is 0.120 e. The summed E-state index contributed by atoms with van der Waals surface area (Å²) in [6, 6.07) is 8.32. The van der Waals surface area contributed by atoms with Crippen LogP contribution in [0.3, 0.4) is 0 Å². The molecule has 0 aliphatic heterocycles. The van der Waals surface area contributed by atoms with Gasteiger partial charge in [-0.05, 0) is 49.6 Å². The SMILES string of the molecule is N#CCCCCCCOc1ccc2[nH]cc(CCN)c2c1. The Kier molecular flexibility index (Phi) is 6.11. The van der Waals surface area contributed by atoms with Crippen LogP contribution in [0.2, 0.25) is 0 Å². The van der Waals surface area contributed by atoms with Gasteiger partial charge in [0.05, 0.1) is 12.7 Å². The van der Waals surface area contributed by atoms with Crippen LogP contribution in [0.5, 0.6) is 5.75 Å². The van der Waals surface area contributed by atoms with E-state index in [4.69, 9.17) is 15.7 Å². The van der Waals surface area contributed by atoms with E-state index in [1.165, 1.54) is 10.9 Å². The Morgan fingerprint density at radius 1 is 1.19 bits per heavy atom. The lowest BCUT2D eigenvalue weighted by Gasteiger charge is -2.06. The second kappa shape index (κ2) is 8.33. The van der Waals surface area contributed by atoms with Crippen molar-refractivity contribution in [3.63, 3.8) is 0 Å². The molecule has 3 N–H and O–H groups in total. The summed E-state index contributed by atoms with van der Waals surface area (Å²) >= 11 is 0. The van der Waals surface area contributed by atoms with E-state index in [2.05, 4.69) is 23.2 Å². The molecule has 0 saturated carbocycles. The first-order valence-corrected chi connectivity index (χ1v) is 7.65. The molecule has 2 rings (SSSR count). The fourth-order valence-electron chi connectivity index (χ4n) is 2.46. The molecule has 0 spiro atoms. The summed E-state index contributed by atoms with van der Waals surface area (Å²) in [6.07, 6.45) is 7.81. The Balaban J connectivity index is 1.82. The van der Waals surface area contributed by atoms with Gasteiger partial charge in [0.15, 0.2) is 0 Å². The first-order chi connectivity index (χ1) is 10.3. The van der Waals surface area contributed by atoms with Crippen LogP contribution in [0.1, 0.15) is 37.7 Å². The zero-order valence-corrected chi connectivity index (χ0v) is 12.4. The van der Waals surface area contributed by atoms with Crippen LogP contribution in [0.15, 0.2) is 24.4 Å². The van der Waals surface area contributed by atoms with Crippen LogP contribution in [0, 0.1) is 11.3 Å². The monoisotopic (exact) mass is 285 g/mol. The van der Waals surface area contributed by atoms with Crippen molar-refractivity contribution in [2.45, 2.75) is 38.5 Å². The third-order valence-electron chi connectivity index (χ3n) is 3.60. The average Bonchev–Trinajstić information content (AvgIpc) is 2.89. The van der Waals surface area contributed by atoms with Gasteiger partial charge in [-0.1, -0.05) is 12.8 Å². The summed E-state index contributed by atoms with van der Waals surface area (Å²) in [5.41, 5.74) is 8.00. The molecule has 1 aromatic heterocycles. The topological polar surface area (TPSA) is 74.8 Å². The van der Waals surface area contributed by atoms with E-state index in [9.17, 15) is 0 Å². The van der Waals surface area contributed by atoms with Crippen LogP contribution in [0.4, 0.5) is 0 Å². The van der Waals surface area contributed by atoms with Gasteiger partial charge in [0, 0.05) is 23.5 Å². The third-order valence-corrected chi connectivity index (χ3v) is 3.60. The van der Waals surface area contributed by atoms with Gasteiger partial charge in [0.2, 0.25) is 0 Å². The molecule has 4 heteroatoms. The fourth-order valence-corrected chi connectivity index (χ4v) is 2.46. The fraction of sp³-hybridized carbons (Fsp3) is 0.471. The van der Waals surface area contributed by atoms with E-state index < -0.39 is 0 Å². The Bertz CT molecular complexity index is 598. The number of nitrogens with two attached hydrogens (primary N) is 1. The maximum atomic E-state index is 8.46. The third kappa shape index (κ3) is 4.51. The Hall–Kier alpha value is -1.99. The van der Waals surface area contributed by atoms with Crippen LogP contribution >= 0.6 is 0 Å². The van der Waals surface area contributed by atoms with Crippen molar-refractivity contribution in [3.05, 3.63) is 30.0 Å². The number of nitriles is 1. The molecule has 0 unspecified atom stereocenters. The second-order valence-electron chi connectivity index (χ2n) is 5.23. The minimum absolute atomic E-state index is 0.654. The maximum absolute atomic E-state index is 8.46. The number of H-pyrrole nitrogens is 1. The van der Waals surface area contributed by atoms with Crippen molar-refractivity contribution in [2.24, 2.45) is 5.73 Å². The Morgan fingerprint density at radius 3 is 2.86 bits per heavy atom. The predicted molar refractivity (Wildman–Crippen MR) is 85.3 cm³/mol. The second-order valence-corrected chi connectivity index (χ2v) is 5.23. The molecule has 0 saturated heterocycles. The van der Waals surface area contributed by atoms with Crippen LogP contribution in [-0.2, 0) is 6.42 Å². The van der Waals surface area contributed by atoms with Gasteiger partial charge in [0.1, 0.15) is 5.75 Å². The molecule has 0 fully saturated rings. The van der Waals surface area contributed by atoms with E-state index in [-0.39, 0.29) is 0 Å². The smallest absolute Gasteiger partial charge is 0.120 e. The average molecular weight is 285 g/mol. The van der Waals surface area contributed by atoms with Gasteiger partial charge >= 0.3 is 0 Å². The molecule has 2 aromatic rings. The lowest BCUT2D eigenvalue weighted by Crippen LogP contribution is -2.02. The minimum atomic E-state index is 0.654. The van der Waals surface area contributed by atoms with Gasteiger partial charge < -0.3 is 15.5 Å². The molecule has 4 nitrogen and oxygen atoms in total. The first kappa shape index (κ1) is 15.4. The highest BCUT2D eigenvalue weighted by Gasteiger charge is 2.04. The number of fused-ring (bicyclic) bond motifs is 1. The van der Waals surface area contributed by atoms with Crippen molar-refractivity contribution in [1.82, 2.24) is 4.98 Å². The highest BCUT2D eigenvalue weighted by Crippen LogP contribution is 2.24. The lowest BCUT2D eigenvalue weighted by molar-refractivity contribution is 0.305. The summed E-state index contributed by atoms with van der Waals surface area (Å²) in [5, 5.41) is 9.66. The molecule has 0 amide bonds. The number of aromatic nitrogens is 1. The number of nitrogens with zero attached hydrogens (tertiary/aromatic N) is 1. The van der Waals surface area contributed by atoms with E-state index in [1.54, 1.807) is 0 Å². The van der Waals surface area contributed by atoms with E-state index in [1.807, 2.05) is 12.3 Å². The molecule has 0 atom stereocenters. The number of ether oxygens (including phenoxy) is 1. The molecular formula is C17H23N3O. The minimum Gasteiger partial charge on any atom is -0.494 e. The molecule has 1 heterocycles. The summed E-state index contributed by atoms with van der Waals surface area (Å²) in [7, 11) is 0. The predicted octanol–water partition coefficient (Wildman–Crippen LogP) is 3.52. The molecule has 0 bridgehead atoms. The van der Waals surface area contributed by atoms with Crippen LogP contribution in [0.25, 0.3) is 10.9 Å². The number of nitrogens with one attached hydrogen (secondary N) is 1. The van der Waals surface area contributed by atoms with E-state index >= 15 is 0 Å². The normalized spacial score (nSPS) is 10.7. The zero-order chi connectivity index (χ0) is 14.9. The van der Waals surface area contributed by atoms with Crippen molar-refractivity contribution in [2.75, 3.05) is 13.2 Å². The molecular weight excluding hydrogens is 262 g/mol. The lowest BCUT2D eigenvalue weighted by atomic mass is 10.1. The van der Waals surface area contributed by atoms with Crippen molar-refractivity contribution in [1.29, 1.82) is 5.26 Å². The van der Waals surface area contributed by atoms with Crippen molar-refractivity contribution >= 4 is 10.9 Å². The number of rotatable bonds is 9. The van der Waals surface area contributed by atoms with Crippen molar-refractivity contribution < 1.29 is 4.74 Å². The van der Waals surface area contributed by atoms with Gasteiger partial charge in [-0.25, -0.2) is 0 Å². The molecule has 0 radical (unpaired) electrons. The molecule has 0 aliphatic rings. The van der Waals surface area contributed by atoms with Crippen LogP contribution in [-0.4, -0.2) is 18.1 Å². The number of hydrogen-bond donors (Lipinski definition) is 2. The number of unbranched alkanes of at least 4 members (excludes halogenated alkanes) is 4. The summed E-state index contributed by atoms with van der Waals surface area (Å²) in [6.45, 7) is 1.38. The van der Waals surface area contributed by atoms with E-state index in [0.29, 0.717) is 13.0 Å². The number of aromatic amines is 1. The number of benzene rings is 1. The molecule has 21 heavy (non-hydrogen) atoms. The summed E-state index contributed by atoms with van der Waals surface area (Å²) < 4.78 is 5.81. The summed E-state index contributed by atoms with van der Waals surface area (Å²) in [4.78, 5) is 3.26.